The first-order chi connectivity index (χ1) is 10.7. The molecule has 0 bridgehead atoms. The third-order valence-electron chi connectivity index (χ3n) is 4.55. The molecule has 0 unspecified atom stereocenters. The number of carbonyl (C=O) groups excluding carboxylic acids is 1. The molecule has 22 heavy (non-hydrogen) atoms. The van der Waals surface area contributed by atoms with Crippen molar-refractivity contribution in [2.75, 3.05) is 26.8 Å². The average molecular weight is 306 g/mol. The number of ether oxygens (including phenoxy) is 1. The van der Waals surface area contributed by atoms with Crippen LogP contribution in [0.15, 0.2) is 16.5 Å². The second kappa shape index (κ2) is 6.84. The zero-order valence-electron chi connectivity index (χ0n) is 13.5. The Kier molecular flexibility index (Phi) is 4.84. The molecule has 5 heteroatoms. The van der Waals surface area contributed by atoms with Gasteiger partial charge in [0.2, 0.25) is 5.91 Å². The fourth-order valence-corrected chi connectivity index (χ4v) is 2.88. The number of nitrogens with zero attached hydrogens (tertiary/aromatic N) is 1. The molecule has 0 radical (unpaired) electrons. The number of methoxy groups -OCH3 is 1. The smallest absolute Gasteiger partial charge is 0.234 e. The summed E-state index contributed by atoms with van der Waals surface area (Å²) in [6, 6.07) is 4.70. The summed E-state index contributed by atoms with van der Waals surface area (Å²) in [5.74, 6) is 3.52. The topological polar surface area (TPSA) is 54.7 Å². The third kappa shape index (κ3) is 4.11. The Labute approximate surface area is 132 Å². The highest BCUT2D eigenvalue weighted by Crippen LogP contribution is 2.47. The Hall–Kier alpha value is -1.33. The van der Waals surface area contributed by atoms with E-state index in [1.807, 2.05) is 0 Å². The summed E-state index contributed by atoms with van der Waals surface area (Å²) in [5.41, 5.74) is 0. The monoisotopic (exact) mass is 306 g/mol. The number of hydrogen-bond donors (Lipinski definition) is 1. The van der Waals surface area contributed by atoms with Gasteiger partial charge >= 0.3 is 0 Å². The minimum atomic E-state index is 0.0616. The van der Waals surface area contributed by atoms with Gasteiger partial charge in [-0.15, -0.1) is 0 Å². The van der Waals surface area contributed by atoms with Crippen LogP contribution in [-0.4, -0.2) is 43.7 Å². The van der Waals surface area contributed by atoms with E-state index < -0.39 is 0 Å². The second-order valence-electron chi connectivity index (χ2n) is 6.60. The predicted molar refractivity (Wildman–Crippen MR) is 83.5 cm³/mol. The molecule has 0 saturated heterocycles. The Morgan fingerprint density at radius 1 is 1.45 bits per heavy atom. The maximum Gasteiger partial charge on any atom is 0.234 e. The standard InChI is InChI=1S/C17H26N2O3/c1-12-9-15(12)16-6-5-14(22-16)10-19(13-3-4-13)11-17(20)18-7-8-21-2/h5-6,12-13,15H,3-4,7-11H2,1-2H3,(H,18,20)/t12-,15+/m0/s1. The first-order valence-corrected chi connectivity index (χ1v) is 8.25. The van der Waals surface area contributed by atoms with Crippen LogP contribution in [0, 0.1) is 5.92 Å². The van der Waals surface area contributed by atoms with Gasteiger partial charge in [-0.2, -0.15) is 0 Å². The molecule has 2 saturated carbocycles. The molecule has 1 amide bonds. The Balaban J connectivity index is 1.51. The molecule has 2 atom stereocenters. The number of amides is 1. The van der Waals surface area contributed by atoms with Crippen molar-refractivity contribution in [2.45, 2.75) is 44.7 Å². The lowest BCUT2D eigenvalue weighted by Crippen LogP contribution is -2.39. The van der Waals surface area contributed by atoms with Gasteiger partial charge in [0.15, 0.2) is 0 Å². The Bertz CT molecular complexity index is 510. The van der Waals surface area contributed by atoms with Crippen LogP contribution < -0.4 is 5.32 Å². The molecule has 122 valence electrons. The largest absolute Gasteiger partial charge is 0.464 e. The van der Waals surface area contributed by atoms with E-state index in [4.69, 9.17) is 9.15 Å². The van der Waals surface area contributed by atoms with Crippen molar-refractivity contribution in [1.82, 2.24) is 10.2 Å². The third-order valence-corrected chi connectivity index (χ3v) is 4.55. The summed E-state index contributed by atoms with van der Waals surface area (Å²) in [6.45, 7) is 4.54. The molecular weight excluding hydrogens is 280 g/mol. The highest BCUT2D eigenvalue weighted by atomic mass is 16.5. The zero-order chi connectivity index (χ0) is 15.5. The molecule has 1 aromatic heterocycles. The number of furan rings is 1. The van der Waals surface area contributed by atoms with Gasteiger partial charge in [-0.05, 0) is 37.3 Å². The van der Waals surface area contributed by atoms with Gasteiger partial charge in [-0.3, -0.25) is 9.69 Å². The predicted octanol–water partition coefficient (Wildman–Crippen LogP) is 2.13. The van der Waals surface area contributed by atoms with E-state index in [0.29, 0.717) is 31.7 Å². The summed E-state index contributed by atoms with van der Waals surface area (Å²) in [4.78, 5) is 14.2. The lowest BCUT2D eigenvalue weighted by Gasteiger charge is -2.20. The van der Waals surface area contributed by atoms with Gasteiger partial charge in [-0.25, -0.2) is 0 Å². The van der Waals surface area contributed by atoms with Crippen molar-refractivity contribution in [1.29, 1.82) is 0 Å². The molecule has 2 aliphatic rings. The summed E-state index contributed by atoms with van der Waals surface area (Å²) in [5, 5.41) is 2.89. The van der Waals surface area contributed by atoms with E-state index in [0.717, 1.165) is 24.0 Å². The minimum Gasteiger partial charge on any atom is -0.464 e. The van der Waals surface area contributed by atoms with Crippen molar-refractivity contribution in [3.05, 3.63) is 23.7 Å². The van der Waals surface area contributed by atoms with Crippen LogP contribution >= 0.6 is 0 Å². The zero-order valence-corrected chi connectivity index (χ0v) is 13.5. The molecule has 5 nitrogen and oxygen atoms in total. The molecule has 0 aromatic carbocycles. The van der Waals surface area contributed by atoms with E-state index in [1.54, 1.807) is 7.11 Å². The van der Waals surface area contributed by atoms with Crippen molar-refractivity contribution in [3.8, 4) is 0 Å². The minimum absolute atomic E-state index is 0.0616. The van der Waals surface area contributed by atoms with E-state index in [1.165, 1.54) is 19.3 Å². The van der Waals surface area contributed by atoms with Crippen molar-refractivity contribution >= 4 is 5.91 Å². The Morgan fingerprint density at radius 3 is 2.86 bits per heavy atom. The molecule has 0 spiro atoms. The summed E-state index contributed by atoms with van der Waals surface area (Å²) in [7, 11) is 1.64. The lowest BCUT2D eigenvalue weighted by molar-refractivity contribution is -0.122. The van der Waals surface area contributed by atoms with Gasteiger partial charge in [-0.1, -0.05) is 6.92 Å². The van der Waals surface area contributed by atoms with Gasteiger partial charge in [0.25, 0.3) is 0 Å². The molecule has 3 rings (SSSR count). The number of nitrogens with one attached hydrogen (secondary N) is 1. The highest BCUT2D eigenvalue weighted by molar-refractivity contribution is 5.78. The van der Waals surface area contributed by atoms with Gasteiger partial charge in [0, 0.05) is 25.6 Å². The molecular formula is C17H26N2O3. The molecule has 0 aliphatic heterocycles. The maximum absolute atomic E-state index is 12.0. The molecule has 1 N–H and O–H groups in total. The first kappa shape index (κ1) is 15.6. The van der Waals surface area contributed by atoms with Crippen molar-refractivity contribution in [2.24, 2.45) is 5.92 Å². The fourth-order valence-electron chi connectivity index (χ4n) is 2.88. The summed E-state index contributed by atoms with van der Waals surface area (Å²) in [6.07, 6.45) is 3.60. The SMILES string of the molecule is COCCNC(=O)CN(Cc1ccc([C@@H]2C[C@@H]2C)o1)C1CC1. The summed E-state index contributed by atoms with van der Waals surface area (Å²) >= 11 is 0. The van der Waals surface area contributed by atoms with Crippen LogP contribution in [-0.2, 0) is 16.1 Å². The quantitative estimate of drug-likeness (QED) is 0.710. The van der Waals surface area contributed by atoms with E-state index in [2.05, 4.69) is 29.3 Å². The van der Waals surface area contributed by atoms with E-state index in [9.17, 15) is 4.79 Å². The van der Waals surface area contributed by atoms with Crippen molar-refractivity contribution < 1.29 is 13.9 Å². The van der Waals surface area contributed by atoms with Crippen LogP contribution in [0.25, 0.3) is 0 Å². The molecule has 1 heterocycles. The molecule has 2 fully saturated rings. The lowest BCUT2D eigenvalue weighted by atomic mass is 10.3. The van der Waals surface area contributed by atoms with Crippen LogP contribution in [0.5, 0.6) is 0 Å². The van der Waals surface area contributed by atoms with Gasteiger partial charge < -0.3 is 14.5 Å². The number of hydrogen-bond acceptors (Lipinski definition) is 4. The first-order valence-electron chi connectivity index (χ1n) is 8.25. The highest BCUT2D eigenvalue weighted by Gasteiger charge is 2.37. The van der Waals surface area contributed by atoms with Crippen LogP contribution in [0.1, 0.15) is 43.6 Å². The molecule has 1 aromatic rings. The second-order valence-corrected chi connectivity index (χ2v) is 6.60. The maximum atomic E-state index is 12.0. The summed E-state index contributed by atoms with van der Waals surface area (Å²) < 4.78 is 10.9. The van der Waals surface area contributed by atoms with Crippen LogP contribution in [0.3, 0.4) is 0 Å². The van der Waals surface area contributed by atoms with Crippen LogP contribution in [0.2, 0.25) is 0 Å². The fraction of sp³-hybridized carbons (Fsp3) is 0.706. The van der Waals surface area contributed by atoms with E-state index >= 15 is 0 Å². The Morgan fingerprint density at radius 2 is 2.23 bits per heavy atom. The van der Waals surface area contributed by atoms with Gasteiger partial charge in [0.05, 0.1) is 19.7 Å². The van der Waals surface area contributed by atoms with E-state index in [-0.39, 0.29) is 5.91 Å². The van der Waals surface area contributed by atoms with Crippen molar-refractivity contribution in [3.63, 3.8) is 0 Å². The number of carbonyl (C=O) groups is 1. The average Bonchev–Trinajstić information content (AvgIpc) is 3.40. The van der Waals surface area contributed by atoms with Gasteiger partial charge in [0.1, 0.15) is 11.5 Å². The van der Waals surface area contributed by atoms with Crippen LogP contribution in [0.4, 0.5) is 0 Å². The molecule has 2 aliphatic carbocycles. The normalized spacial score (nSPS) is 23.8. The number of rotatable bonds is 9.